The third kappa shape index (κ3) is 29.8. The molecule has 1 aliphatic rings. The van der Waals surface area contributed by atoms with Gasteiger partial charge in [-0.2, -0.15) is 8.42 Å². The Kier molecular flexibility index (Phi) is 33.4. The Morgan fingerprint density at radius 3 is 1.42 bits per heavy atom. The van der Waals surface area contributed by atoms with Crippen molar-refractivity contribution in [2.45, 2.75) is 78.4 Å². The van der Waals surface area contributed by atoms with E-state index in [1.807, 2.05) is 57.2 Å². The van der Waals surface area contributed by atoms with Crippen molar-refractivity contribution in [3.8, 4) is 11.5 Å². The summed E-state index contributed by atoms with van der Waals surface area (Å²) in [6, 6.07) is 15.6. The molecule has 372 valence electrons. The summed E-state index contributed by atoms with van der Waals surface area (Å²) in [5, 5.41) is 10.4. The molecule has 1 fully saturated rings. The third-order valence-corrected chi connectivity index (χ3v) is 10.4. The molecule has 3 N–H and O–H groups in total. The molecule has 2 aromatic carbocycles. The molecule has 0 radical (unpaired) electrons. The lowest BCUT2D eigenvalue weighted by Gasteiger charge is -2.31. The first-order chi connectivity index (χ1) is 31.6. The number of esters is 2. The normalized spacial score (nSPS) is 15.0. The van der Waals surface area contributed by atoms with Crippen LogP contribution in [-0.2, 0) is 65.2 Å². The molecule has 0 aliphatic carbocycles. The summed E-state index contributed by atoms with van der Waals surface area (Å²) in [7, 11) is -3.74. The van der Waals surface area contributed by atoms with Crippen molar-refractivity contribution in [3.63, 3.8) is 0 Å². The quantitative estimate of drug-likeness (QED) is 0.0562. The molecule has 1 aliphatic heterocycles. The van der Waals surface area contributed by atoms with Crippen LogP contribution >= 0.6 is 0 Å². The number of hydrogen-bond donors (Lipinski definition) is 3. The lowest BCUT2D eigenvalue weighted by Crippen LogP contribution is -2.49. The van der Waals surface area contributed by atoms with E-state index in [4.69, 9.17) is 42.1 Å². The van der Waals surface area contributed by atoms with E-state index in [1.165, 1.54) is 5.56 Å². The number of carbonyl (C=O) groups is 2. The number of hydrogen-bond acceptors (Lipinski definition) is 17. The molecule has 3 rings (SSSR count). The second-order valence-electron chi connectivity index (χ2n) is 15.0. The van der Waals surface area contributed by atoms with Crippen LogP contribution < -0.4 is 25.4 Å². The Labute approximate surface area is 389 Å². The lowest BCUT2D eigenvalue weighted by atomic mass is 10.0. The molecular weight excluding hydrogens is 861 g/mol. The SMILES string of the molecule is CCOCCOCCOc1ccc(CCCC(C(=O)OCC)N2CCNCCNCCNCC2)cc1.CCOCCOCCOc1ccc(CCCC(OS(C)(=O)=O)C(=O)OCC)cc1. The minimum atomic E-state index is -3.74. The summed E-state index contributed by atoms with van der Waals surface area (Å²) < 4.78 is 70.5. The fourth-order valence-corrected chi connectivity index (χ4v) is 7.19. The van der Waals surface area contributed by atoms with Gasteiger partial charge in [0.15, 0.2) is 6.10 Å². The van der Waals surface area contributed by atoms with Gasteiger partial charge in [-0.1, -0.05) is 24.3 Å². The molecular formula is C47H80N4O13S. The van der Waals surface area contributed by atoms with Crippen LogP contribution in [0.5, 0.6) is 11.5 Å². The molecule has 1 heterocycles. The fourth-order valence-electron chi connectivity index (χ4n) is 6.60. The van der Waals surface area contributed by atoms with Crippen molar-refractivity contribution >= 4 is 22.1 Å². The van der Waals surface area contributed by atoms with E-state index in [1.54, 1.807) is 6.92 Å². The predicted molar refractivity (Wildman–Crippen MR) is 251 cm³/mol. The van der Waals surface area contributed by atoms with Gasteiger partial charge in [0.1, 0.15) is 30.8 Å². The van der Waals surface area contributed by atoms with Crippen molar-refractivity contribution in [3.05, 3.63) is 59.7 Å². The van der Waals surface area contributed by atoms with Gasteiger partial charge >= 0.3 is 11.9 Å². The van der Waals surface area contributed by atoms with Gasteiger partial charge in [0, 0.05) is 65.6 Å². The summed E-state index contributed by atoms with van der Waals surface area (Å²) >= 11 is 0. The number of aryl methyl sites for hydroxylation is 2. The third-order valence-electron chi connectivity index (χ3n) is 9.82. The number of rotatable bonds is 31. The molecule has 65 heavy (non-hydrogen) atoms. The van der Waals surface area contributed by atoms with Gasteiger partial charge in [-0.05, 0) is 102 Å². The van der Waals surface area contributed by atoms with Gasteiger partial charge in [-0.25, -0.2) is 4.79 Å². The van der Waals surface area contributed by atoms with E-state index in [2.05, 4.69) is 33.0 Å². The first-order valence-corrected chi connectivity index (χ1v) is 25.2. The summed E-state index contributed by atoms with van der Waals surface area (Å²) in [4.78, 5) is 27.0. The van der Waals surface area contributed by atoms with E-state index in [-0.39, 0.29) is 25.0 Å². The van der Waals surface area contributed by atoms with Gasteiger partial charge in [0.2, 0.25) is 0 Å². The van der Waals surface area contributed by atoms with Crippen molar-refractivity contribution in [2.75, 3.05) is 138 Å². The van der Waals surface area contributed by atoms with Crippen LogP contribution in [0.2, 0.25) is 0 Å². The summed E-state index contributed by atoms with van der Waals surface area (Å²) in [5.41, 5.74) is 2.29. The van der Waals surface area contributed by atoms with E-state index < -0.39 is 22.2 Å². The van der Waals surface area contributed by atoms with Gasteiger partial charge in [0.25, 0.3) is 10.1 Å². The molecule has 0 bridgehead atoms. The maximum absolute atomic E-state index is 12.9. The molecule has 2 unspecified atom stereocenters. The van der Waals surface area contributed by atoms with Crippen LogP contribution in [0, 0.1) is 0 Å². The van der Waals surface area contributed by atoms with Gasteiger partial charge in [-0.3, -0.25) is 13.9 Å². The van der Waals surface area contributed by atoms with E-state index in [0.29, 0.717) is 85.5 Å². The van der Waals surface area contributed by atoms with Gasteiger partial charge in [-0.15, -0.1) is 0 Å². The highest BCUT2D eigenvalue weighted by atomic mass is 32.2. The fraction of sp³-hybridized carbons (Fsp3) is 0.702. The number of nitrogens with one attached hydrogen (secondary N) is 3. The van der Waals surface area contributed by atoms with Crippen molar-refractivity contribution in [2.24, 2.45) is 0 Å². The predicted octanol–water partition coefficient (Wildman–Crippen LogP) is 3.81. The molecule has 0 amide bonds. The smallest absolute Gasteiger partial charge is 0.336 e. The number of ether oxygens (including phenoxy) is 8. The van der Waals surface area contributed by atoms with Crippen LogP contribution in [-0.4, -0.2) is 175 Å². The number of nitrogens with zero attached hydrogens (tertiary/aromatic N) is 1. The molecule has 18 heteroatoms. The maximum atomic E-state index is 12.9. The number of carbonyl (C=O) groups excluding carboxylic acids is 2. The Bertz CT molecular complexity index is 1580. The van der Waals surface area contributed by atoms with Crippen LogP contribution in [0.25, 0.3) is 0 Å². The summed E-state index contributed by atoms with van der Waals surface area (Å²) in [6.07, 6.45) is 3.90. The standard InChI is InChI=1S/C27H48N4O5.C20H32O8S/c1-3-33-20-21-34-22-23-36-25-10-8-24(9-11-25)6-5-7-26(27(32)35-4-2)31-18-16-29-14-12-28-13-15-30-17-19-31;1-4-24-13-14-25-15-16-27-18-11-9-17(10-12-18)7-6-8-19(20(21)26-5-2)28-29(3,22)23/h8-11,26,28-30H,3-7,12-23H2,1-2H3;9-12,19H,4-8,13-16H2,1-3H3. The van der Waals surface area contributed by atoms with Crippen LogP contribution in [0.15, 0.2) is 48.5 Å². The highest BCUT2D eigenvalue weighted by Crippen LogP contribution is 2.18. The topological polar surface area (TPSA) is 191 Å². The second-order valence-corrected chi connectivity index (χ2v) is 16.6. The van der Waals surface area contributed by atoms with Gasteiger partial charge < -0.3 is 53.8 Å². The van der Waals surface area contributed by atoms with Crippen LogP contribution in [0.4, 0.5) is 0 Å². The first-order valence-electron chi connectivity index (χ1n) is 23.4. The first kappa shape index (κ1) is 57.7. The van der Waals surface area contributed by atoms with Crippen molar-refractivity contribution in [1.82, 2.24) is 20.9 Å². The summed E-state index contributed by atoms with van der Waals surface area (Å²) in [6.45, 7) is 20.9. The molecule has 17 nitrogen and oxygen atoms in total. The average molecular weight is 941 g/mol. The summed E-state index contributed by atoms with van der Waals surface area (Å²) in [5.74, 6) is 0.807. The Morgan fingerprint density at radius 1 is 0.554 bits per heavy atom. The molecule has 2 atom stereocenters. The Hall–Kier alpha value is -3.43. The Balaban J connectivity index is 0.000000458. The molecule has 1 saturated heterocycles. The zero-order valence-corrected chi connectivity index (χ0v) is 40.6. The lowest BCUT2D eigenvalue weighted by molar-refractivity contribution is -0.151. The molecule has 0 spiro atoms. The maximum Gasteiger partial charge on any atom is 0.336 e. The van der Waals surface area contributed by atoms with Gasteiger partial charge in [0.05, 0.1) is 59.1 Å². The Morgan fingerprint density at radius 2 is 0.969 bits per heavy atom. The average Bonchev–Trinajstić information content (AvgIpc) is 3.28. The zero-order chi connectivity index (χ0) is 47.2. The van der Waals surface area contributed by atoms with Crippen molar-refractivity contribution in [1.29, 1.82) is 0 Å². The van der Waals surface area contributed by atoms with Crippen molar-refractivity contribution < 1.29 is 60.1 Å². The minimum absolute atomic E-state index is 0.113. The van der Waals surface area contributed by atoms with E-state index >= 15 is 0 Å². The highest BCUT2D eigenvalue weighted by molar-refractivity contribution is 7.86. The van der Waals surface area contributed by atoms with Crippen LogP contribution in [0.3, 0.4) is 0 Å². The largest absolute Gasteiger partial charge is 0.491 e. The minimum Gasteiger partial charge on any atom is -0.491 e. The van der Waals surface area contributed by atoms with E-state index in [9.17, 15) is 18.0 Å². The molecule has 0 saturated carbocycles. The molecule has 2 aromatic rings. The zero-order valence-electron chi connectivity index (χ0n) is 39.8. The second kappa shape index (κ2) is 37.6. The highest BCUT2D eigenvalue weighted by Gasteiger charge is 2.27. The number of benzene rings is 2. The molecule has 0 aromatic heterocycles. The van der Waals surface area contributed by atoms with Crippen LogP contribution in [0.1, 0.15) is 64.5 Å². The monoisotopic (exact) mass is 941 g/mol. The van der Waals surface area contributed by atoms with E-state index in [0.717, 1.165) is 94.9 Å².